The number of rotatable bonds is 4. The van der Waals surface area contributed by atoms with Crippen LogP contribution in [0.2, 0.25) is 0 Å². The standard InChI is InChI=1S/C14H17NO3S2/c1-12(16)19-9-3-6-13-5-2-7-14(11-13)15-8-4-10-20(15,17)18/h2-3,5-7,11H,4,8-10H2,1H3. The van der Waals surface area contributed by atoms with Crippen molar-refractivity contribution in [2.45, 2.75) is 13.3 Å². The van der Waals surface area contributed by atoms with Gasteiger partial charge in [0.1, 0.15) is 0 Å². The molecule has 0 saturated carbocycles. The minimum absolute atomic E-state index is 0.0894. The second kappa shape index (κ2) is 6.45. The van der Waals surface area contributed by atoms with Crippen LogP contribution in [0.25, 0.3) is 6.08 Å². The van der Waals surface area contributed by atoms with Crippen molar-refractivity contribution in [1.29, 1.82) is 0 Å². The molecule has 0 atom stereocenters. The average Bonchev–Trinajstić information content (AvgIpc) is 2.74. The summed E-state index contributed by atoms with van der Waals surface area (Å²) in [4.78, 5) is 10.8. The van der Waals surface area contributed by atoms with Crippen molar-refractivity contribution < 1.29 is 13.2 Å². The van der Waals surface area contributed by atoms with Crippen LogP contribution >= 0.6 is 11.8 Å². The van der Waals surface area contributed by atoms with Crippen LogP contribution in [0.4, 0.5) is 5.69 Å². The van der Waals surface area contributed by atoms with Gasteiger partial charge >= 0.3 is 0 Å². The quantitative estimate of drug-likeness (QED) is 0.857. The molecule has 2 rings (SSSR count). The highest BCUT2D eigenvalue weighted by Crippen LogP contribution is 2.25. The molecule has 0 spiro atoms. The first-order valence-electron chi connectivity index (χ1n) is 6.39. The second-order valence-corrected chi connectivity index (χ2v) is 7.75. The first-order valence-corrected chi connectivity index (χ1v) is 8.99. The lowest BCUT2D eigenvalue weighted by Gasteiger charge is -2.17. The van der Waals surface area contributed by atoms with Gasteiger partial charge in [-0.2, -0.15) is 0 Å². The number of anilines is 1. The first kappa shape index (κ1) is 15.1. The topological polar surface area (TPSA) is 54.5 Å². The number of hydrogen-bond acceptors (Lipinski definition) is 4. The molecule has 0 bridgehead atoms. The molecule has 20 heavy (non-hydrogen) atoms. The number of thioether (sulfide) groups is 1. The highest BCUT2D eigenvalue weighted by molar-refractivity contribution is 8.13. The maximum Gasteiger partial charge on any atom is 0.235 e. The Hall–Kier alpha value is -1.27. The summed E-state index contributed by atoms with van der Waals surface area (Å²) in [5.41, 5.74) is 1.65. The minimum atomic E-state index is -3.13. The molecule has 0 amide bonds. The largest absolute Gasteiger partial charge is 0.288 e. The molecule has 1 aromatic carbocycles. The van der Waals surface area contributed by atoms with Crippen molar-refractivity contribution in [2.24, 2.45) is 0 Å². The van der Waals surface area contributed by atoms with E-state index in [9.17, 15) is 13.2 Å². The van der Waals surface area contributed by atoms with Crippen LogP contribution in [0.15, 0.2) is 30.3 Å². The van der Waals surface area contributed by atoms with E-state index >= 15 is 0 Å². The highest BCUT2D eigenvalue weighted by Gasteiger charge is 2.28. The van der Waals surface area contributed by atoms with Crippen LogP contribution < -0.4 is 4.31 Å². The predicted octanol–water partition coefficient (Wildman–Crippen LogP) is 2.52. The van der Waals surface area contributed by atoms with Gasteiger partial charge < -0.3 is 0 Å². The van der Waals surface area contributed by atoms with Crippen LogP contribution in [0.3, 0.4) is 0 Å². The zero-order valence-corrected chi connectivity index (χ0v) is 12.9. The molecule has 6 heteroatoms. The zero-order chi connectivity index (χ0) is 14.6. The Morgan fingerprint density at radius 2 is 2.25 bits per heavy atom. The van der Waals surface area contributed by atoms with Gasteiger partial charge in [-0.05, 0) is 24.1 Å². The Morgan fingerprint density at radius 1 is 1.45 bits per heavy atom. The van der Waals surface area contributed by atoms with E-state index in [1.807, 2.05) is 36.4 Å². The van der Waals surface area contributed by atoms with Gasteiger partial charge in [-0.3, -0.25) is 9.10 Å². The summed E-state index contributed by atoms with van der Waals surface area (Å²) in [5.74, 6) is 0.851. The van der Waals surface area contributed by atoms with Crippen molar-refractivity contribution in [2.75, 3.05) is 22.4 Å². The molecule has 1 saturated heterocycles. The van der Waals surface area contributed by atoms with Gasteiger partial charge in [-0.1, -0.05) is 36.0 Å². The fraction of sp³-hybridized carbons (Fsp3) is 0.357. The van der Waals surface area contributed by atoms with Crippen LogP contribution in [-0.4, -0.2) is 31.6 Å². The molecule has 1 heterocycles. The molecule has 0 radical (unpaired) electrons. The lowest BCUT2D eigenvalue weighted by Crippen LogP contribution is -2.24. The Balaban J connectivity index is 2.10. The summed E-state index contributed by atoms with van der Waals surface area (Å²) < 4.78 is 25.2. The average molecular weight is 311 g/mol. The van der Waals surface area contributed by atoms with Crippen LogP contribution in [0, 0.1) is 0 Å². The molecular formula is C14H17NO3S2. The van der Waals surface area contributed by atoms with Crippen LogP contribution in [-0.2, 0) is 14.8 Å². The van der Waals surface area contributed by atoms with E-state index in [2.05, 4.69) is 0 Å². The fourth-order valence-corrected chi connectivity index (χ4v) is 4.05. The van der Waals surface area contributed by atoms with Crippen LogP contribution in [0.1, 0.15) is 18.9 Å². The zero-order valence-electron chi connectivity index (χ0n) is 11.3. The Kier molecular flexibility index (Phi) is 4.88. The van der Waals surface area contributed by atoms with Gasteiger partial charge in [0.05, 0.1) is 11.4 Å². The normalized spacial score (nSPS) is 17.8. The molecule has 4 nitrogen and oxygen atoms in total. The molecule has 108 valence electrons. The predicted molar refractivity (Wildman–Crippen MR) is 84.4 cm³/mol. The molecule has 0 aromatic heterocycles. The smallest absolute Gasteiger partial charge is 0.235 e. The van der Waals surface area contributed by atoms with Crippen molar-refractivity contribution in [1.82, 2.24) is 0 Å². The van der Waals surface area contributed by atoms with E-state index in [0.717, 1.165) is 5.56 Å². The Bertz CT molecular complexity index is 623. The molecule has 1 aromatic rings. The number of benzene rings is 1. The summed E-state index contributed by atoms with van der Waals surface area (Å²) in [5, 5.41) is 0.0894. The van der Waals surface area contributed by atoms with Crippen molar-refractivity contribution >= 4 is 38.7 Å². The van der Waals surface area contributed by atoms with Gasteiger partial charge in [0.2, 0.25) is 10.0 Å². The third kappa shape index (κ3) is 3.86. The number of nitrogens with zero attached hydrogens (tertiary/aromatic N) is 1. The van der Waals surface area contributed by atoms with Gasteiger partial charge in [-0.25, -0.2) is 8.42 Å². The maximum atomic E-state index is 11.9. The second-order valence-electron chi connectivity index (χ2n) is 4.54. The molecule has 0 unspecified atom stereocenters. The van der Waals surface area contributed by atoms with Crippen molar-refractivity contribution in [3.63, 3.8) is 0 Å². The fourth-order valence-electron chi connectivity index (χ4n) is 2.06. The molecule has 1 fully saturated rings. The summed E-state index contributed by atoms with van der Waals surface area (Å²) in [6, 6.07) is 7.43. The van der Waals surface area contributed by atoms with Gasteiger partial charge in [0, 0.05) is 19.2 Å². The summed E-state index contributed by atoms with van der Waals surface area (Å²) in [6.07, 6.45) is 4.49. The minimum Gasteiger partial charge on any atom is -0.288 e. The van der Waals surface area contributed by atoms with Gasteiger partial charge in [-0.15, -0.1) is 0 Å². The van der Waals surface area contributed by atoms with E-state index in [4.69, 9.17) is 0 Å². The number of sulfonamides is 1. The Morgan fingerprint density at radius 3 is 2.90 bits per heavy atom. The summed E-state index contributed by atoms with van der Waals surface area (Å²) in [7, 11) is -3.13. The molecule has 1 aliphatic rings. The maximum absolute atomic E-state index is 11.9. The number of carbonyl (C=O) groups excluding carboxylic acids is 1. The van der Waals surface area contributed by atoms with E-state index in [1.165, 1.54) is 23.0 Å². The molecule has 0 N–H and O–H groups in total. The molecule has 1 aliphatic heterocycles. The Labute approximate surface area is 123 Å². The highest BCUT2D eigenvalue weighted by atomic mass is 32.2. The van der Waals surface area contributed by atoms with E-state index < -0.39 is 10.0 Å². The van der Waals surface area contributed by atoms with E-state index in [1.54, 1.807) is 0 Å². The third-order valence-electron chi connectivity index (χ3n) is 2.95. The van der Waals surface area contributed by atoms with E-state index in [-0.39, 0.29) is 10.9 Å². The summed E-state index contributed by atoms with van der Waals surface area (Å²) in [6.45, 7) is 2.09. The van der Waals surface area contributed by atoms with Gasteiger partial charge in [0.15, 0.2) is 5.12 Å². The number of hydrogen-bond donors (Lipinski definition) is 0. The summed E-state index contributed by atoms with van der Waals surface area (Å²) >= 11 is 1.25. The van der Waals surface area contributed by atoms with E-state index in [0.29, 0.717) is 24.4 Å². The lowest BCUT2D eigenvalue weighted by molar-refractivity contribution is -0.109. The molecular weight excluding hydrogens is 294 g/mol. The first-order chi connectivity index (χ1) is 9.49. The lowest BCUT2D eigenvalue weighted by atomic mass is 10.2. The van der Waals surface area contributed by atoms with Crippen molar-refractivity contribution in [3.05, 3.63) is 35.9 Å². The third-order valence-corrected chi connectivity index (χ3v) is 5.59. The molecule has 0 aliphatic carbocycles. The number of carbonyl (C=O) groups is 1. The SMILES string of the molecule is CC(=O)SCC=Cc1cccc(N2CCCS2(=O)=O)c1. The van der Waals surface area contributed by atoms with Gasteiger partial charge in [0.25, 0.3) is 0 Å². The van der Waals surface area contributed by atoms with Crippen LogP contribution in [0.5, 0.6) is 0 Å². The monoisotopic (exact) mass is 311 g/mol. The van der Waals surface area contributed by atoms with Crippen molar-refractivity contribution in [3.8, 4) is 0 Å².